The van der Waals surface area contributed by atoms with Crippen molar-refractivity contribution in [2.24, 2.45) is 74.2 Å². The van der Waals surface area contributed by atoms with Gasteiger partial charge in [0.25, 0.3) is 0 Å². The number of rotatable bonds is 7. The van der Waals surface area contributed by atoms with Gasteiger partial charge in [0, 0.05) is 6.54 Å². The third-order valence-corrected chi connectivity index (χ3v) is 16.5. The molecule has 0 aromatic carbocycles. The summed E-state index contributed by atoms with van der Waals surface area (Å²) in [6.45, 7) is 20.0. The molecule has 0 heterocycles. The Hall–Kier alpha value is -0.240. The summed E-state index contributed by atoms with van der Waals surface area (Å²) >= 11 is 0. The van der Waals surface area contributed by atoms with E-state index < -0.39 is 30.5 Å². The Morgan fingerprint density at radius 1 is 0.619 bits per heavy atom. The van der Waals surface area contributed by atoms with Crippen molar-refractivity contribution in [1.29, 1.82) is 0 Å². The fraction of sp³-hybridized carbons (Fsp3) is 1.00. The van der Waals surface area contributed by atoms with E-state index in [0.29, 0.717) is 33.5 Å². The molecule has 5 saturated carbocycles. The molecule has 0 amide bonds. The van der Waals surface area contributed by atoms with Crippen LogP contribution in [0.5, 0.6) is 0 Å². The molecule has 5 rings (SSSR count). The number of nitrogens with two attached hydrogens (primary N) is 1. The fourth-order valence-corrected chi connectivity index (χ4v) is 13.4. The molecular formula is C36H65NO5. The fourth-order valence-electron chi connectivity index (χ4n) is 13.4. The summed E-state index contributed by atoms with van der Waals surface area (Å²) in [7, 11) is 0. The first kappa shape index (κ1) is 33.1. The predicted octanol–water partition coefficient (Wildman–Crippen LogP) is 5.12. The van der Waals surface area contributed by atoms with Crippen molar-refractivity contribution in [3.8, 4) is 0 Å². The number of hydrogen-bond acceptors (Lipinski definition) is 6. The van der Waals surface area contributed by atoms with Crippen LogP contribution in [0.15, 0.2) is 0 Å². The van der Waals surface area contributed by atoms with E-state index in [1.807, 2.05) is 6.92 Å². The van der Waals surface area contributed by atoms with Crippen molar-refractivity contribution in [2.75, 3.05) is 6.54 Å². The van der Waals surface area contributed by atoms with E-state index in [2.05, 4.69) is 48.5 Å². The number of fused-ring (bicyclic) bond motifs is 7. The lowest BCUT2D eigenvalue weighted by atomic mass is 9.31. The zero-order valence-electron chi connectivity index (χ0n) is 28.0. The molecule has 5 aliphatic carbocycles. The maximum atomic E-state index is 11.2. The van der Waals surface area contributed by atoms with Crippen LogP contribution in [-0.2, 0) is 0 Å². The second kappa shape index (κ2) is 10.9. The van der Waals surface area contributed by atoms with Crippen LogP contribution < -0.4 is 5.73 Å². The Balaban J connectivity index is 1.37. The average molecular weight is 592 g/mol. The second-order valence-electron chi connectivity index (χ2n) is 17.9. The van der Waals surface area contributed by atoms with Crippen LogP contribution in [0.1, 0.15) is 120 Å². The van der Waals surface area contributed by atoms with Crippen LogP contribution >= 0.6 is 0 Å². The van der Waals surface area contributed by atoms with Gasteiger partial charge in [-0.05, 0) is 133 Å². The topological polar surface area (TPSA) is 127 Å². The van der Waals surface area contributed by atoms with Crippen LogP contribution in [0.25, 0.3) is 0 Å². The molecule has 2 unspecified atom stereocenters. The Morgan fingerprint density at radius 2 is 1.14 bits per heavy atom. The first-order chi connectivity index (χ1) is 19.4. The van der Waals surface area contributed by atoms with Gasteiger partial charge >= 0.3 is 0 Å². The summed E-state index contributed by atoms with van der Waals surface area (Å²) in [6.07, 6.45) is 5.34. The molecular weight excluding hydrogens is 526 g/mol. The Bertz CT molecular complexity index is 990. The van der Waals surface area contributed by atoms with Crippen molar-refractivity contribution in [1.82, 2.24) is 0 Å². The van der Waals surface area contributed by atoms with Gasteiger partial charge < -0.3 is 31.3 Å². The van der Waals surface area contributed by atoms with Gasteiger partial charge in [0.2, 0.25) is 0 Å². The molecule has 5 aliphatic rings. The normalized spacial score (nSPS) is 50.7. The summed E-state index contributed by atoms with van der Waals surface area (Å²) in [5.41, 5.74) is 7.12. The molecule has 244 valence electrons. The number of aliphatic hydroxyl groups excluding tert-OH is 5. The second-order valence-corrected chi connectivity index (χ2v) is 17.9. The van der Waals surface area contributed by atoms with Gasteiger partial charge in [0.15, 0.2) is 0 Å². The molecule has 0 radical (unpaired) electrons. The highest BCUT2D eigenvalue weighted by atomic mass is 16.4. The average Bonchev–Trinajstić information content (AvgIpc) is 3.30. The zero-order chi connectivity index (χ0) is 31.2. The quantitative estimate of drug-likeness (QED) is 0.244. The number of aliphatic hydroxyl groups is 5. The van der Waals surface area contributed by atoms with E-state index in [-0.39, 0.29) is 23.8 Å². The lowest BCUT2D eigenvalue weighted by Crippen LogP contribution is -2.66. The Morgan fingerprint density at radius 3 is 1.74 bits per heavy atom. The van der Waals surface area contributed by atoms with Crippen LogP contribution in [-0.4, -0.2) is 62.6 Å². The highest BCUT2D eigenvalue weighted by Gasteiger charge is 2.70. The minimum absolute atomic E-state index is 0.205. The van der Waals surface area contributed by atoms with Crippen molar-refractivity contribution in [3.63, 3.8) is 0 Å². The molecule has 0 aromatic heterocycles. The molecule has 0 aromatic rings. The lowest BCUT2D eigenvalue weighted by molar-refractivity contribution is -0.247. The van der Waals surface area contributed by atoms with Crippen LogP contribution in [0.3, 0.4) is 0 Å². The van der Waals surface area contributed by atoms with E-state index in [4.69, 9.17) is 5.73 Å². The molecule has 42 heavy (non-hydrogen) atoms. The van der Waals surface area contributed by atoms with Crippen molar-refractivity contribution in [3.05, 3.63) is 0 Å². The molecule has 0 saturated heterocycles. The Labute approximate surface area is 256 Å². The van der Waals surface area contributed by atoms with E-state index in [1.54, 1.807) is 0 Å². The van der Waals surface area contributed by atoms with Crippen LogP contribution in [0.2, 0.25) is 0 Å². The maximum Gasteiger partial charge on any atom is 0.111 e. The van der Waals surface area contributed by atoms with Gasteiger partial charge in [-0.3, -0.25) is 0 Å². The van der Waals surface area contributed by atoms with E-state index >= 15 is 0 Å². The minimum Gasteiger partial charge on any atom is -0.390 e. The zero-order valence-corrected chi connectivity index (χ0v) is 28.0. The molecule has 0 bridgehead atoms. The van der Waals surface area contributed by atoms with Gasteiger partial charge in [-0.15, -0.1) is 0 Å². The first-order valence-corrected chi connectivity index (χ1v) is 17.5. The molecule has 0 aliphatic heterocycles. The molecule has 6 nitrogen and oxygen atoms in total. The van der Waals surface area contributed by atoms with Crippen molar-refractivity contribution < 1.29 is 25.5 Å². The smallest absolute Gasteiger partial charge is 0.111 e. The van der Waals surface area contributed by atoms with Gasteiger partial charge in [-0.1, -0.05) is 55.4 Å². The summed E-state index contributed by atoms with van der Waals surface area (Å²) in [6, 6.07) is 0. The van der Waals surface area contributed by atoms with Gasteiger partial charge in [0.05, 0.1) is 12.2 Å². The molecule has 5 fully saturated rings. The molecule has 7 N–H and O–H groups in total. The SMILES string of the molecule is CC([C@@H](O)[C@@H](O)[C@@H](O)[C@@H](O)[C@@H](O)CN)[C@H]1CC[C@]2(C)[C@H]3CC[C@@H]4[C@@]5(C)CCC(C)C(C)(C)[C@@H]5CC[C@@]4(C)[C@]3(C)CC[C@@H]12. The molecule has 6 heteroatoms. The maximum absolute atomic E-state index is 11.2. The largest absolute Gasteiger partial charge is 0.390 e. The monoisotopic (exact) mass is 591 g/mol. The third-order valence-electron chi connectivity index (χ3n) is 16.5. The summed E-state index contributed by atoms with van der Waals surface area (Å²) in [5, 5.41) is 52.7. The number of hydrogen-bond donors (Lipinski definition) is 6. The molecule has 16 atom stereocenters. The predicted molar refractivity (Wildman–Crippen MR) is 167 cm³/mol. The van der Waals surface area contributed by atoms with Gasteiger partial charge in [-0.25, -0.2) is 0 Å². The highest BCUT2D eigenvalue weighted by Crippen LogP contribution is 2.78. The first-order valence-electron chi connectivity index (χ1n) is 17.5. The molecule has 0 spiro atoms. The minimum atomic E-state index is -1.65. The van der Waals surface area contributed by atoms with Crippen LogP contribution in [0, 0.1) is 68.5 Å². The summed E-state index contributed by atoms with van der Waals surface area (Å²) < 4.78 is 0. The van der Waals surface area contributed by atoms with Gasteiger partial charge in [-0.2, -0.15) is 0 Å². The summed E-state index contributed by atoms with van der Waals surface area (Å²) in [4.78, 5) is 0. The van der Waals surface area contributed by atoms with E-state index in [1.165, 1.54) is 44.9 Å². The lowest BCUT2D eigenvalue weighted by Gasteiger charge is -2.73. The highest BCUT2D eigenvalue weighted by molar-refractivity contribution is 5.19. The van der Waals surface area contributed by atoms with E-state index in [9.17, 15) is 25.5 Å². The van der Waals surface area contributed by atoms with Gasteiger partial charge in [0.1, 0.15) is 18.3 Å². The Kier molecular flexibility index (Phi) is 8.63. The van der Waals surface area contributed by atoms with Crippen LogP contribution in [0.4, 0.5) is 0 Å². The summed E-state index contributed by atoms with van der Waals surface area (Å²) in [5.74, 6) is 3.55. The third kappa shape index (κ3) is 4.46. The van der Waals surface area contributed by atoms with Crippen molar-refractivity contribution >= 4 is 0 Å². The van der Waals surface area contributed by atoms with Crippen molar-refractivity contribution in [2.45, 2.75) is 150 Å². The van der Waals surface area contributed by atoms with E-state index in [0.717, 1.165) is 37.0 Å². The standard InChI is InChI=1S/C36H65NO5/c1-20-11-15-34(6)25(32(20,3)4)14-18-36(8)27(34)10-9-26-33(5)16-12-22(23(33)13-17-35(26,36)7)21(2)28(39)30(41)31(42)29(40)24(38)19-37/h20-31,38-42H,9-19,37H2,1-8H3/t20?,21?,22-,23+,24+,25+,26-,27-,28-,29+,30-,31+,33+,34+,35-,36-/m1/s1.